The average molecular weight is 252 g/mol. The van der Waals surface area contributed by atoms with Crippen LogP contribution in [0.15, 0.2) is 42.5 Å². The van der Waals surface area contributed by atoms with Crippen LogP contribution in [0.1, 0.15) is 34.7 Å². The van der Waals surface area contributed by atoms with Crippen molar-refractivity contribution in [3.63, 3.8) is 0 Å². The van der Waals surface area contributed by atoms with Crippen LogP contribution in [0.5, 0.6) is 0 Å². The van der Waals surface area contributed by atoms with E-state index in [9.17, 15) is 0 Å². The van der Waals surface area contributed by atoms with Gasteiger partial charge >= 0.3 is 0 Å². The summed E-state index contributed by atoms with van der Waals surface area (Å²) < 4.78 is 0. The Balaban J connectivity index is 1.96. The fourth-order valence-electron chi connectivity index (χ4n) is 2.99. The zero-order valence-electron chi connectivity index (χ0n) is 11.3. The van der Waals surface area contributed by atoms with Crippen LogP contribution in [0, 0.1) is 0 Å². The van der Waals surface area contributed by atoms with Gasteiger partial charge in [-0.25, -0.2) is 0 Å². The van der Waals surface area contributed by atoms with Gasteiger partial charge < -0.3 is 11.1 Å². The topological polar surface area (TPSA) is 38.0 Å². The van der Waals surface area contributed by atoms with Gasteiger partial charge in [-0.2, -0.15) is 0 Å². The van der Waals surface area contributed by atoms with Gasteiger partial charge in [0, 0.05) is 5.69 Å². The van der Waals surface area contributed by atoms with Crippen molar-refractivity contribution < 1.29 is 0 Å². The lowest BCUT2D eigenvalue weighted by atomic mass is 9.95. The van der Waals surface area contributed by atoms with E-state index in [2.05, 4.69) is 35.6 Å². The molecule has 1 atom stereocenters. The van der Waals surface area contributed by atoms with Crippen LogP contribution in [0.25, 0.3) is 0 Å². The molecule has 0 heterocycles. The molecule has 0 saturated heterocycles. The number of nitrogens with two attached hydrogens (primary N) is 1. The number of hydrogen-bond donors (Lipinski definition) is 2. The van der Waals surface area contributed by atoms with Gasteiger partial charge in [0.15, 0.2) is 0 Å². The number of aryl methyl sites for hydroxylation is 2. The van der Waals surface area contributed by atoms with E-state index >= 15 is 0 Å². The van der Waals surface area contributed by atoms with E-state index in [0.717, 1.165) is 5.69 Å². The first-order valence-electron chi connectivity index (χ1n) is 6.92. The van der Waals surface area contributed by atoms with E-state index in [0.29, 0.717) is 0 Å². The van der Waals surface area contributed by atoms with Crippen LogP contribution < -0.4 is 11.1 Å². The average Bonchev–Trinajstić information content (AvgIpc) is 2.89. The Morgan fingerprint density at radius 1 is 0.947 bits per heavy atom. The molecular weight excluding hydrogens is 232 g/mol. The fourth-order valence-corrected chi connectivity index (χ4v) is 2.99. The van der Waals surface area contributed by atoms with Gasteiger partial charge in [-0.05, 0) is 60.7 Å². The highest BCUT2D eigenvalue weighted by atomic mass is 14.9. The third-order valence-electron chi connectivity index (χ3n) is 4.01. The maximum atomic E-state index is 5.76. The van der Waals surface area contributed by atoms with Crippen molar-refractivity contribution in [3.05, 3.63) is 64.7 Å². The highest BCUT2D eigenvalue weighted by molar-refractivity contribution is 5.44. The molecule has 2 aromatic carbocycles. The lowest BCUT2D eigenvalue weighted by Gasteiger charge is -2.18. The lowest BCUT2D eigenvalue weighted by molar-refractivity contribution is 0.691. The highest BCUT2D eigenvalue weighted by Crippen LogP contribution is 2.28. The fraction of sp³-hybridized carbons (Fsp3) is 0.294. The van der Waals surface area contributed by atoms with E-state index in [1.165, 1.54) is 41.5 Å². The van der Waals surface area contributed by atoms with Gasteiger partial charge in [0.1, 0.15) is 0 Å². The van der Waals surface area contributed by atoms with E-state index in [4.69, 9.17) is 5.73 Å². The van der Waals surface area contributed by atoms with E-state index in [-0.39, 0.29) is 6.04 Å². The van der Waals surface area contributed by atoms with Crippen LogP contribution >= 0.6 is 0 Å². The molecule has 1 aliphatic carbocycles. The molecule has 2 heteroatoms. The molecular formula is C17H20N2. The molecule has 0 radical (unpaired) electrons. The van der Waals surface area contributed by atoms with Crippen molar-refractivity contribution in [1.82, 2.24) is 5.32 Å². The minimum Gasteiger partial charge on any atom is -0.399 e. The van der Waals surface area contributed by atoms with Crippen molar-refractivity contribution in [3.8, 4) is 0 Å². The van der Waals surface area contributed by atoms with Gasteiger partial charge in [0.25, 0.3) is 0 Å². The number of hydrogen-bond acceptors (Lipinski definition) is 2. The minimum atomic E-state index is 0.242. The molecule has 2 nitrogen and oxygen atoms in total. The Kier molecular flexibility index (Phi) is 3.26. The maximum absolute atomic E-state index is 5.76. The normalized spacial score (nSPS) is 15.2. The van der Waals surface area contributed by atoms with Crippen molar-refractivity contribution in [1.29, 1.82) is 0 Å². The summed E-state index contributed by atoms with van der Waals surface area (Å²) in [5, 5.41) is 3.40. The minimum absolute atomic E-state index is 0.242. The largest absolute Gasteiger partial charge is 0.399 e. The third kappa shape index (κ3) is 2.36. The molecule has 1 aliphatic rings. The zero-order chi connectivity index (χ0) is 13.2. The first-order valence-corrected chi connectivity index (χ1v) is 6.92. The second kappa shape index (κ2) is 5.06. The Labute approximate surface area is 114 Å². The molecule has 98 valence electrons. The Morgan fingerprint density at radius 3 is 2.37 bits per heavy atom. The Bertz CT molecular complexity index is 572. The number of nitrogens with one attached hydrogen (secondary N) is 1. The van der Waals surface area contributed by atoms with E-state index in [1.807, 2.05) is 19.2 Å². The summed E-state index contributed by atoms with van der Waals surface area (Å²) in [4.78, 5) is 0. The smallest absolute Gasteiger partial charge is 0.0574 e. The van der Waals surface area contributed by atoms with Gasteiger partial charge in [-0.15, -0.1) is 0 Å². The molecule has 0 aliphatic heterocycles. The van der Waals surface area contributed by atoms with Crippen LogP contribution in [-0.2, 0) is 12.8 Å². The van der Waals surface area contributed by atoms with Gasteiger partial charge in [-0.1, -0.05) is 30.3 Å². The monoisotopic (exact) mass is 252 g/mol. The summed E-state index contributed by atoms with van der Waals surface area (Å²) in [7, 11) is 2.01. The number of fused-ring (bicyclic) bond motifs is 1. The van der Waals surface area contributed by atoms with E-state index < -0.39 is 0 Å². The summed E-state index contributed by atoms with van der Waals surface area (Å²) in [5.74, 6) is 0. The quantitative estimate of drug-likeness (QED) is 0.824. The molecule has 0 bridgehead atoms. The Morgan fingerprint density at radius 2 is 1.63 bits per heavy atom. The van der Waals surface area contributed by atoms with Crippen LogP contribution in [0.2, 0.25) is 0 Å². The van der Waals surface area contributed by atoms with Crippen molar-refractivity contribution >= 4 is 5.69 Å². The molecule has 0 amide bonds. The molecule has 2 aromatic rings. The summed E-state index contributed by atoms with van der Waals surface area (Å²) in [6, 6.07) is 15.3. The number of nitrogen functional groups attached to an aromatic ring is 1. The molecule has 0 spiro atoms. The summed E-state index contributed by atoms with van der Waals surface area (Å²) in [6.45, 7) is 0. The van der Waals surface area contributed by atoms with Crippen LogP contribution in [0.3, 0.4) is 0 Å². The number of benzene rings is 2. The summed E-state index contributed by atoms with van der Waals surface area (Å²) >= 11 is 0. The summed E-state index contributed by atoms with van der Waals surface area (Å²) in [5.41, 5.74) is 12.2. The third-order valence-corrected chi connectivity index (χ3v) is 4.01. The highest BCUT2D eigenvalue weighted by Gasteiger charge is 2.16. The number of rotatable bonds is 3. The van der Waals surface area contributed by atoms with Gasteiger partial charge in [-0.3, -0.25) is 0 Å². The Hall–Kier alpha value is -1.80. The van der Waals surface area contributed by atoms with Crippen molar-refractivity contribution in [2.24, 2.45) is 0 Å². The first-order chi connectivity index (χ1) is 9.28. The van der Waals surface area contributed by atoms with Crippen LogP contribution in [-0.4, -0.2) is 7.05 Å². The predicted octanol–water partition coefficient (Wildman–Crippen LogP) is 3.07. The molecule has 0 aromatic heterocycles. The second-order valence-corrected chi connectivity index (χ2v) is 5.27. The first kappa shape index (κ1) is 12.2. The van der Waals surface area contributed by atoms with Crippen LogP contribution in [0.4, 0.5) is 5.69 Å². The predicted molar refractivity (Wildman–Crippen MR) is 80.2 cm³/mol. The van der Waals surface area contributed by atoms with Crippen molar-refractivity contribution in [2.45, 2.75) is 25.3 Å². The van der Waals surface area contributed by atoms with E-state index in [1.54, 1.807) is 0 Å². The molecule has 3 N–H and O–H groups in total. The lowest BCUT2D eigenvalue weighted by Crippen LogP contribution is -2.17. The number of anilines is 1. The maximum Gasteiger partial charge on any atom is 0.0574 e. The van der Waals surface area contributed by atoms with Crippen molar-refractivity contribution in [2.75, 3.05) is 12.8 Å². The molecule has 19 heavy (non-hydrogen) atoms. The second-order valence-electron chi connectivity index (χ2n) is 5.27. The molecule has 3 rings (SSSR count). The molecule has 1 unspecified atom stereocenters. The van der Waals surface area contributed by atoms with Gasteiger partial charge in [0.05, 0.1) is 6.04 Å². The zero-order valence-corrected chi connectivity index (χ0v) is 11.3. The summed E-state index contributed by atoms with van der Waals surface area (Å²) in [6.07, 6.45) is 3.76. The SMILES string of the molecule is CNC(c1ccc(N)cc1)c1ccc2c(c1)CCC2. The van der Waals surface area contributed by atoms with Gasteiger partial charge in [0.2, 0.25) is 0 Å². The standard InChI is InChI=1S/C17H20N2/c1-19-17(13-7-9-16(18)10-8-13)15-6-5-12-3-2-4-14(12)11-15/h5-11,17,19H,2-4,18H2,1H3. The molecule has 0 saturated carbocycles. The molecule has 0 fully saturated rings.